The SMILES string of the molecule is N/C(=N\OCC(=O)N(C1CCCC1)C1CCS(=O)(=O)C1)c1ccc(Cl)cc1. The zero-order chi connectivity index (χ0) is 19.4. The number of benzene rings is 1. The maximum absolute atomic E-state index is 12.8. The van der Waals surface area contributed by atoms with Gasteiger partial charge in [0, 0.05) is 22.7 Å². The zero-order valence-electron chi connectivity index (χ0n) is 15.0. The molecule has 0 bridgehead atoms. The number of amidine groups is 1. The van der Waals surface area contributed by atoms with Crippen LogP contribution in [-0.2, 0) is 19.5 Å². The molecule has 1 unspecified atom stereocenters. The number of sulfone groups is 1. The highest BCUT2D eigenvalue weighted by Gasteiger charge is 2.39. The fourth-order valence-corrected chi connectivity index (χ4v) is 5.62. The van der Waals surface area contributed by atoms with Crippen LogP contribution in [0, 0.1) is 0 Å². The summed E-state index contributed by atoms with van der Waals surface area (Å²) in [5, 5.41) is 4.40. The van der Waals surface area contributed by atoms with Gasteiger partial charge in [0.1, 0.15) is 0 Å². The lowest BCUT2D eigenvalue weighted by Gasteiger charge is -2.33. The Morgan fingerprint density at radius 1 is 1.19 bits per heavy atom. The molecule has 0 radical (unpaired) electrons. The summed E-state index contributed by atoms with van der Waals surface area (Å²) in [6, 6.07) is 6.60. The van der Waals surface area contributed by atoms with E-state index in [0.717, 1.165) is 25.7 Å². The zero-order valence-corrected chi connectivity index (χ0v) is 16.6. The number of carbonyl (C=O) groups excluding carboxylic acids is 1. The number of hydrogen-bond donors (Lipinski definition) is 1. The summed E-state index contributed by atoms with van der Waals surface area (Å²) in [5.74, 6) is 0.0780. The van der Waals surface area contributed by atoms with Crippen LogP contribution in [0.5, 0.6) is 0 Å². The average molecular weight is 414 g/mol. The van der Waals surface area contributed by atoms with Crippen molar-refractivity contribution in [1.82, 2.24) is 4.90 Å². The van der Waals surface area contributed by atoms with Gasteiger partial charge in [0.25, 0.3) is 5.91 Å². The maximum Gasteiger partial charge on any atom is 0.263 e. The second kappa shape index (κ2) is 8.48. The summed E-state index contributed by atoms with van der Waals surface area (Å²) in [6.45, 7) is -0.263. The van der Waals surface area contributed by atoms with E-state index in [1.807, 2.05) is 0 Å². The first-order valence-corrected chi connectivity index (χ1v) is 11.3. The van der Waals surface area contributed by atoms with E-state index >= 15 is 0 Å². The molecule has 2 fully saturated rings. The fourth-order valence-electron chi connectivity index (χ4n) is 3.79. The van der Waals surface area contributed by atoms with Crippen molar-refractivity contribution in [1.29, 1.82) is 0 Å². The van der Waals surface area contributed by atoms with Gasteiger partial charge in [-0.3, -0.25) is 4.79 Å². The van der Waals surface area contributed by atoms with Crippen LogP contribution in [0.1, 0.15) is 37.7 Å². The first-order chi connectivity index (χ1) is 12.9. The molecule has 1 heterocycles. The summed E-state index contributed by atoms with van der Waals surface area (Å²) < 4.78 is 23.7. The predicted octanol–water partition coefficient (Wildman–Crippen LogP) is 1.94. The highest BCUT2D eigenvalue weighted by molar-refractivity contribution is 7.91. The minimum Gasteiger partial charge on any atom is -0.384 e. The Morgan fingerprint density at radius 2 is 1.85 bits per heavy atom. The molecule has 2 aliphatic rings. The highest BCUT2D eigenvalue weighted by atomic mass is 35.5. The normalized spacial score (nSPS) is 22.7. The molecule has 1 saturated carbocycles. The van der Waals surface area contributed by atoms with Crippen LogP contribution in [0.2, 0.25) is 5.02 Å². The Balaban J connectivity index is 1.64. The van der Waals surface area contributed by atoms with Gasteiger partial charge < -0.3 is 15.5 Å². The minimum atomic E-state index is -3.07. The van der Waals surface area contributed by atoms with E-state index in [4.69, 9.17) is 22.2 Å². The monoisotopic (exact) mass is 413 g/mol. The Morgan fingerprint density at radius 3 is 2.44 bits per heavy atom. The Labute approximate surface area is 164 Å². The van der Waals surface area contributed by atoms with Gasteiger partial charge in [0.2, 0.25) is 0 Å². The molecule has 9 heteroatoms. The number of nitrogens with zero attached hydrogens (tertiary/aromatic N) is 2. The predicted molar refractivity (Wildman–Crippen MR) is 104 cm³/mol. The van der Waals surface area contributed by atoms with E-state index in [1.54, 1.807) is 29.2 Å². The highest BCUT2D eigenvalue weighted by Crippen LogP contribution is 2.29. The number of rotatable bonds is 6. The molecule has 27 heavy (non-hydrogen) atoms. The maximum atomic E-state index is 12.8. The second-order valence-corrected chi connectivity index (χ2v) is 9.72. The summed E-state index contributed by atoms with van der Waals surface area (Å²) in [4.78, 5) is 19.7. The molecule has 1 aliphatic carbocycles. The van der Waals surface area contributed by atoms with Crippen molar-refractivity contribution in [3.05, 3.63) is 34.9 Å². The number of amides is 1. The van der Waals surface area contributed by atoms with E-state index in [1.165, 1.54) is 0 Å². The van der Waals surface area contributed by atoms with Crippen molar-refractivity contribution < 1.29 is 18.0 Å². The Hall–Kier alpha value is -1.80. The smallest absolute Gasteiger partial charge is 0.263 e. The van der Waals surface area contributed by atoms with Gasteiger partial charge in [-0.1, -0.05) is 29.6 Å². The molecule has 1 aromatic carbocycles. The quantitative estimate of drug-likeness (QED) is 0.436. The van der Waals surface area contributed by atoms with Crippen LogP contribution in [-0.4, -0.2) is 55.3 Å². The van der Waals surface area contributed by atoms with Crippen LogP contribution in [0.4, 0.5) is 0 Å². The van der Waals surface area contributed by atoms with E-state index in [0.29, 0.717) is 17.0 Å². The first-order valence-electron chi connectivity index (χ1n) is 9.09. The third-order valence-electron chi connectivity index (χ3n) is 5.10. The van der Waals surface area contributed by atoms with Crippen LogP contribution < -0.4 is 5.73 Å². The van der Waals surface area contributed by atoms with Crippen molar-refractivity contribution in [3.63, 3.8) is 0 Å². The standard InChI is InChI=1S/C18H24ClN3O4S/c19-14-7-5-13(6-8-14)18(20)21-26-11-17(23)22(15-3-1-2-4-15)16-9-10-27(24,25)12-16/h5-8,15-16H,1-4,9-12H2,(H2,20,21). The molecule has 1 aromatic rings. The topological polar surface area (TPSA) is 102 Å². The van der Waals surface area contributed by atoms with E-state index in [2.05, 4.69) is 5.16 Å². The van der Waals surface area contributed by atoms with Gasteiger partial charge in [-0.05, 0) is 43.5 Å². The van der Waals surface area contributed by atoms with Crippen LogP contribution in [0.25, 0.3) is 0 Å². The molecule has 148 valence electrons. The molecule has 1 atom stereocenters. The van der Waals surface area contributed by atoms with Gasteiger partial charge in [-0.25, -0.2) is 8.42 Å². The third kappa shape index (κ3) is 5.13. The fraction of sp³-hybridized carbons (Fsp3) is 0.556. The van der Waals surface area contributed by atoms with Gasteiger partial charge >= 0.3 is 0 Å². The molecule has 1 saturated heterocycles. The molecule has 1 aliphatic heterocycles. The third-order valence-corrected chi connectivity index (χ3v) is 7.10. The van der Waals surface area contributed by atoms with Gasteiger partial charge in [0.15, 0.2) is 22.3 Å². The molecular weight excluding hydrogens is 390 g/mol. The molecule has 7 nitrogen and oxygen atoms in total. The molecule has 3 rings (SSSR count). The van der Waals surface area contributed by atoms with Gasteiger partial charge in [0.05, 0.1) is 11.5 Å². The molecule has 1 amide bonds. The van der Waals surface area contributed by atoms with Crippen molar-refractivity contribution in [2.75, 3.05) is 18.1 Å². The molecule has 2 N–H and O–H groups in total. The Bertz CT molecular complexity index is 804. The lowest BCUT2D eigenvalue weighted by Crippen LogP contribution is -2.48. The van der Waals surface area contributed by atoms with E-state index < -0.39 is 9.84 Å². The molecule has 0 spiro atoms. The van der Waals surface area contributed by atoms with Crippen molar-refractivity contribution in [3.8, 4) is 0 Å². The molecular formula is C18H24ClN3O4S. The lowest BCUT2D eigenvalue weighted by molar-refractivity contribution is -0.140. The van der Waals surface area contributed by atoms with E-state index in [-0.39, 0.29) is 41.9 Å². The molecule has 0 aromatic heterocycles. The second-order valence-electron chi connectivity index (χ2n) is 7.05. The van der Waals surface area contributed by atoms with Gasteiger partial charge in [-0.15, -0.1) is 0 Å². The largest absolute Gasteiger partial charge is 0.384 e. The summed E-state index contributed by atoms with van der Waals surface area (Å²) in [5.41, 5.74) is 6.51. The number of carbonyl (C=O) groups is 1. The van der Waals surface area contributed by atoms with Crippen molar-refractivity contribution >= 4 is 33.2 Å². The summed E-state index contributed by atoms with van der Waals surface area (Å²) in [7, 11) is -3.07. The minimum absolute atomic E-state index is 0.0332. The average Bonchev–Trinajstić information content (AvgIpc) is 3.26. The summed E-state index contributed by atoms with van der Waals surface area (Å²) >= 11 is 5.84. The lowest BCUT2D eigenvalue weighted by atomic mass is 10.1. The van der Waals surface area contributed by atoms with Gasteiger partial charge in [-0.2, -0.15) is 0 Å². The number of oxime groups is 1. The summed E-state index contributed by atoms with van der Waals surface area (Å²) in [6.07, 6.45) is 4.39. The number of hydrogen-bond acceptors (Lipinski definition) is 5. The van der Waals surface area contributed by atoms with Crippen LogP contribution >= 0.6 is 11.6 Å². The Kier molecular flexibility index (Phi) is 6.26. The first kappa shape index (κ1) is 19.9. The van der Waals surface area contributed by atoms with Crippen molar-refractivity contribution in [2.24, 2.45) is 10.9 Å². The number of nitrogens with two attached hydrogens (primary N) is 1. The van der Waals surface area contributed by atoms with E-state index in [9.17, 15) is 13.2 Å². The van der Waals surface area contributed by atoms with Crippen molar-refractivity contribution in [2.45, 2.75) is 44.2 Å². The van der Waals surface area contributed by atoms with Crippen LogP contribution in [0.15, 0.2) is 29.4 Å². The number of halogens is 1. The van der Waals surface area contributed by atoms with Crippen LogP contribution in [0.3, 0.4) is 0 Å².